The van der Waals surface area contributed by atoms with Gasteiger partial charge in [-0.1, -0.05) is 13.0 Å². The van der Waals surface area contributed by atoms with E-state index in [0.29, 0.717) is 19.4 Å². The quantitative estimate of drug-likeness (QED) is 0.697. The predicted molar refractivity (Wildman–Crippen MR) is 56.3 cm³/mol. The lowest BCUT2D eigenvalue weighted by Crippen LogP contribution is -2.37. The number of carboxylic acid groups (broad SMARTS) is 1. The maximum atomic E-state index is 11.6. The number of nitrogens with zero attached hydrogens (tertiary/aromatic N) is 1. The Kier molecular flexibility index (Phi) is 3.88. The van der Waals surface area contributed by atoms with Crippen LogP contribution in [-0.2, 0) is 9.59 Å². The number of carboxylic acids is 1. The molecule has 2 atom stereocenters. The zero-order chi connectivity index (χ0) is 11.4. The van der Waals surface area contributed by atoms with Crippen molar-refractivity contribution in [1.29, 1.82) is 0 Å². The van der Waals surface area contributed by atoms with Gasteiger partial charge in [0.15, 0.2) is 0 Å². The van der Waals surface area contributed by atoms with Crippen molar-refractivity contribution in [3.63, 3.8) is 0 Å². The Balaban J connectivity index is 2.64. The first-order valence-corrected chi connectivity index (χ1v) is 5.22. The van der Waals surface area contributed by atoms with Crippen LogP contribution in [0.4, 0.5) is 0 Å². The average Bonchev–Trinajstić information content (AvgIpc) is 2.56. The standard InChI is InChI=1S/C11H17NO3/c1-3-8-5-10(13)12(7-8)9(4-2)6-11(14)15/h3,8-9H,1,4-7H2,2H3,(H,14,15). The molecule has 1 aliphatic heterocycles. The molecule has 0 radical (unpaired) electrons. The summed E-state index contributed by atoms with van der Waals surface area (Å²) in [6.45, 7) is 6.19. The number of hydrogen-bond acceptors (Lipinski definition) is 2. The van der Waals surface area contributed by atoms with Gasteiger partial charge in [0.05, 0.1) is 6.42 Å². The molecule has 2 unspecified atom stereocenters. The van der Waals surface area contributed by atoms with E-state index in [2.05, 4.69) is 6.58 Å². The Bertz CT molecular complexity index is 275. The summed E-state index contributed by atoms with van der Waals surface area (Å²) < 4.78 is 0. The third-order valence-electron chi connectivity index (χ3n) is 2.84. The lowest BCUT2D eigenvalue weighted by atomic mass is 10.1. The summed E-state index contributed by atoms with van der Waals surface area (Å²) in [7, 11) is 0. The molecule has 1 aliphatic rings. The van der Waals surface area contributed by atoms with Crippen molar-refractivity contribution in [2.75, 3.05) is 6.54 Å². The van der Waals surface area contributed by atoms with Crippen LogP contribution in [0.5, 0.6) is 0 Å². The summed E-state index contributed by atoms with van der Waals surface area (Å²) in [5, 5.41) is 8.73. The van der Waals surface area contributed by atoms with E-state index in [9.17, 15) is 9.59 Å². The lowest BCUT2D eigenvalue weighted by molar-refractivity contribution is -0.139. The Morgan fingerprint density at radius 1 is 1.80 bits per heavy atom. The average molecular weight is 211 g/mol. The van der Waals surface area contributed by atoms with Crippen LogP contribution in [0.1, 0.15) is 26.2 Å². The zero-order valence-electron chi connectivity index (χ0n) is 8.98. The highest BCUT2D eigenvalue weighted by molar-refractivity contribution is 5.80. The van der Waals surface area contributed by atoms with Gasteiger partial charge in [0.2, 0.25) is 5.91 Å². The van der Waals surface area contributed by atoms with Gasteiger partial charge in [-0.15, -0.1) is 6.58 Å². The van der Waals surface area contributed by atoms with Crippen LogP contribution in [-0.4, -0.2) is 34.5 Å². The molecule has 1 amide bonds. The van der Waals surface area contributed by atoms with E-state index >= 15 is 0 Å². The van der Waals surface area contributed by atoms with Crippen molar-refractivity contribution in [2.24, 2.45) is 5.92 Å². The van der Waals surface area contributed by atoms with Gasteiger partial charge in [-0.05, 0) is 6.42 Å². The van der Waals surface area contributed by atoms with Gasteiger partial charge in [-0.25, -0.2) is 0 Å². The molecule has 0 aliphatic carbocycles. The number of amides is 1. The van der Waals surface area contributed by atoms with Crippen LogP contribution in [0.25, 0.3) is 0 Å². The number of rotatable bonds is 5. The van der Waals surface area contributed by atoms with Crippen molar-refractivity contribution in [1.82, 2.24) is 4.90 Å². The maximum absolute atomic E-state index is 11.6. The fourth-order valence-corrected chi connectivity index (χ4v) is 1.95. The van der Waals surface area contributed by atoms with Crippen LogP contribution in [0.15, 0.2) is 12.7 Å². The first-order chi connectivity index (χ1) is 7.08. The molecule has 0 saturated carbocycles. The van der Waals surface area contributed by atoms with Crippen LogP contribution >= 0.6 is 0 Å². The van der Waals surface area contributed by atoms with Gasteiger partial charge in [0.25, 0.3) is 0 Å². The minimum atomic E-state index is -0.850. The Morgan fingerprint density at radius 2 is 2.47 bits per heavy atom. The minimum absolute atomic E-state index is 0.0338. The van der Waals surface area contributed by atoms with Gasteiger partial charge in [-0.2, -0.15) is 0 Å². The fourth-order valence-electron chi connectivity index (χ4n) is 1.95. The molecular formula is C11H17NO3. The van der Waals surface area contributed by atoms with E-state index in [1.807, 2.05) is 6.92 Å². The van der Waals surface area contributed by atoms with E-state index in [-0.39, 0.29) is 24.3 Å². The summed E-state index contributed by atoms with van der Waals surface area (Å²) in [6.07, 6.45) is 2.96. The summed E-state index contributed by atoms with van der Waals surface area (Å²) in [5.74, 6) is -0.620. The number of aliphatic carboxylic acids is 1. The lowest BCUT2D eigenvalue weighted by Gasteiger charge is -2.25. The van der Waals surface area contributed by atoms with Gasteiger partial charge in [0.1, 0.15) is 0 Å². The van der Waals surface area contributed by atoms with E-state index in [0.717, 1.165) is 0 Å². The van der Waals surface area contributed by atoms with Gasteiger partial charge < -0.3 is 10.0 Å². The number of likely N-dealkylation sites (tertiary alicyclic amines) is 1. The highest BCUT2D eigenvalue weighted by Gasteiger charge is 2.32. The van der Waals surface area contributed by atoms with Gasteiger partial charge in [0, 0.05) is 24.9 Å². The van der Waals surface area contributed by atoms with Crippen molar-refractivity contribution >= 4 is 11.9 Å². The highest BCUT2D eigenvalue weighted by atomic mass is 16.4. The molecule has 1 fully saturated rings. The first kappa shape index (κ1) is 11.8. The smallest absolute Gasteiger partial charge is 0.305 e. The molecule has 84 valence electrons. The second kappa shape index (κ2) is 4.96. The topological polar surface area (TPSA) is 57.6 Å². The first-order valence-electron chi connectivity index (χ1n) is 5.22. The SMILES string of the molecule is C=CC1CC(=O)N(C(CC)CC(=O)O)C1. The molecule has 1 N–H and O–H groups in total. The molecule has 4 nitrogen and oxygen atoms in total. The molecular weight excluding hydrogens is 194 g/mol. The number of carbonyl (C=O) groups is 2. The highest BCUT2D eigenvalue weighted by Crippen LogP contribution is 2.23. The van der Waals surface area contributed by atoms with Crippen molar-refractivity contribution < 1.29 is 14.7 Å². The summed E-state index contributed by atoms with van der Waals surface area (Å²) in [4.78, 5) is 23.9. The normalized spacial score (nSPS) is 22.9. The van der Waals surface area contributed by atoms with E-state index in [1.165, 1.54) is 0 Å². The second-order valence-electron chi connectivity index (χ2n) is 3.91. The van der Waals surface area contributed by atoms with Crippen LogP contribution in [0.2, 0.25) is 0 Å². The molecule has 4 heteroatoms. The van der Waals surface area contributed by atoms with E-state index in [4.69, 9.17) is 5.11 Å². The minimum Gasteiger partial charge on any atom is -0.481 e. The van der Waals surface area contributed by atoms with Gasteiger partial charge in [-0.3, -0.25) is 9.59 Å². The third kappa shape index (κ3) is 2.81. The Labute approximate surface area is 89.6 Å². The number of hydrogen-bond donors (Lipinski definition) is 1. The number of carbonyl (C=O) groups excluding carboxylic acids is 1. The maximum Gasteiger partial charge on any atom is 0.305 e. The molecule has 0 aromatic rings. The van der Waals surface area contributed by atoms with Crippen molar-refractivity contribution in [2.45, 2.75) is 32.2 Å². The van der Waals surface area contributed by atoms with E-state index in [1.54, 1.807) is 11.0 Å². The van der Waals surface area contributed by atoms with Gasteiger partial charge >= 0.3 is 5.97 Å². The molecule has 0 spiro atoms. The fraction of sp³-hybridized carbons (Fsp3) is 0.636. The molecule has 1 saturated heterocycles. The third-order valence-corrected chi connectivity index (χ3v) is 2.84. The molecule has 1 rings (SSSR count). The summed E-state index contributed by atoms with van der Waals surface area (Å²) in [5.41, 5.74) is 0. The Hall–Kier alpha value is -1.32. The molecule has 0 bridgehead atoms. The largest absolute Gasteiger partial charge is 0.481 e. The van der Waals surface area contributed by atoms with E-state index < -0.39 is 5.97 Å². The molecule has 1 heterocycles. The monoisotopic (exact) mass is 211 g/mol. The summed E-state index contributed by atoms with van der Waals surface area (Å²) in [6, 6.07) is -0.167. The van der Waals surface area contributed by atoms with Crippen molar-refractivity contribution in [3.8, 4) is 0 Å². The zero-order valence-corrected chi connectivity index (χ0v) is 8.98. The van der Waals surface area contributed by atoms with Crippen molar-refractivity contribution in [3.05, 3.63) is 12.7 Å². The van der Waals surface area contributed by atoms with Crippen LogP contribution in [0, 0.1) is 5.92 Å². The molecule has 0 aromatic heterocycles. The van der Waals surface area contributed by atoms with Crippen LogP contribution in [0.3, 0.4) is 0 Å². The summed E-state index contributed by atoms with van der Waals surface area (Å²) >= 11 is 0. The molecule has 0 aromatic carbocycles. The van der Waals surface area contributed by atoms with Crippen LogP contribution < -0.4 is 0 Å². The Morgan fingerprint density at radius 3 is 2.87 bits per heavy atom. The molecule has 15 heavy (non-hydrogen) atoms. The predicted octanol–water partition coefficient (Wildman–Crippen LogP) is 1.27. The second-order valence-corrected chi connectivity index (χ2v) is 3.91.